The summed E-state index contributed by atoms with van der Waals surface area (Å²) in [6, 6.07) is 0.264. The number of carbonyl (C=O) groups excluding carboxylic acids is 1. The average Bonchev–Trinajstić information content (AvgIpc) is 2.26. The van der Waals surface area contributed by atoms with Crippen LogP contribution in [0.2, 0.25) is 0 Å². The molecule has 0 saturated carbocycles. The number of nitrogens with one attached hydrogen (secondary N) is 2. The zero-order chi connectivity index (χ0) is 12.0. The summed E-state index contributed by atoms with van der Waals surface area (Å²) in [6.45, 7) is 7.94. The minimum Gasteiger partial charge on any atom is -0.352 e. The fourth-order valence-electron chi connectivity index (χ4n) is 1.04. The minimum absolute atomic E-state index is 0.198. The summed E-state index contributed by atoms with van der Waals surface area (Å²) < 4.78 is 0. The highest BCUT2D eigenvalue weighted by atomic mass is 16.1. The average molecular weight is 220 g/mol. The van der Waals surface area contributed by atoms with Crippen LogP contribution in [-0.2, 0) is 0 Å². The van der Waals surface area contributed by atoms with E-state index in [0.29, 0.717) is 18.1 Å². The van der Waals surface area contributed by atoms with Crippen molar-refractivity contribution in [2.75, 3.05) is 11.9 Å². The smallest absolute Gasteiger partial charge is 0.254 e. The van der Waals surface area contributed by atoms with E-state index < -0.39 is 0 Å². The van der Waals surface area contributed by atoms with Gasteiger partial charge < -0.3 is 10.6 Å². The Hall–Kier alpha value is -1.91. The van der Waals surface area contributed by atoms with Crippen molar-refractivity contribution in [1.82, 2.24) is 15.3 Å². The lowest BCUT2D eigenvalue weighted by Crippen LogP contribution is -2.23. The second kappa shape index (κ2) is 5.85. The van der Waals surface area contributed by atoms with Gasteiger partial charge in [-0.15, -0.1) is 6.58 Å². The van der Waals surface area contributed by atoms with Crippen molar-refractivity contribution in [3.63, 3.8) is 0 Å². The van der Waals surface area contributed by atoms with Crippen LogP contribution in [-0.4, -0.2) is 28.5 Å². The molecule has 1 amide bonds. The highest BCUT2D eigenvalue weighted by Crippen LogP contribution is 2.01. The van der Waals surface area contributed by atoms with E-state index in [-0.39, 0.29) is 11.9 Å². The Morgan fingerprint density at radius 1 is 1.50 bits per heavy atom. The quantitative estimate of drug-likeness (QED) is 0.732. The third kappa shape index (κ3) is 3.68. The zero-order valence-electron chi connectivity index (χ0n) is 9.53. The van der Waals surface area contributed by atoms with Crippen molar-refractivity contribution in [3.05, 3.63) is 30.6 Å². The monoisotopic (exact) mass is 220 g/mol. The van der Waals surface area contributed by atoms with Crippen molar-refractivity contribution in [3.8, 4) is 0 Å². The van der Waals surface area contributed by atoms with Crippen LogP contribution in [0.3, 0.4) is 0 Å². The van der Waals surface area contributed by atoms with E-state index in [1.807, 2.05) is 13.8 Å². The van der Waals surface area contributed by atoms with Crippen LogP contribution in [0.4, 0.5) is 5.95 Å². The summed E-state index contributed by atoms with van der Waals surface area (Å²) in [4.78, 5) is 19.6. The molecule has 1 heterocycles. The maximum Gasteiger partial charge on any atom is 0.254 e. The number of nitrogens with zero attached hydrogens (tertiary/aromatic N) is 2. The molecule has 5 nitrogen and oxygen atoms in total. The molecule has 86 valence electrons. The third-order valence-electron chi connectivity index (χ3n) is 1.74. The first kappa shape index (κ1) is 12.2. The van der Waals surface area contributed by atoms with Crippen molar-refractivity contribution in [2.24, 2.45) is 0 Å². The van der Waals surface area contributed by atoms with E-state index in [2.05, 4.69) is 27.2 Å². The van der Waals surface area contributed by atoms with Crippen LogP contribution in [0.5, 0.6) is 0 Å². The lowest BCUT2D eigenvalue weighted by molar-refractivity contribution is 0.0957. The summed E-state index contributed by atoms with van der Waals surface area (Å²) in [5, 5.41) is 5.70. The summed E-state index contributed by atoms with van der Waals surface area (Å²) in [6.07, 6.45) is 4.61. The van der Waals surface area contributed by atoms with E-state index in [4.69, 9.17) is 0 Å². The van der Waals surface area contributed by atoms with E-state index in [1.54, 1.807) is 6.08 Å². The number of carbonyl (C=O) groups is 1. The molecule has 0 bridgehead atoms. The van der Waals surface area contributed by atoms with Gasteiger partial charge in [0.05, 0.1) is 5.56 Å². The molecule has 0 atom stereocenters. The lowest BCUT2D eigenvalue weighted by atomic mass is 10.3. The van der Waals surface area contributed by atoms with Gasteiger partial charge >= 0.3 is 0 Å². The molecule has 0 aliphatic rings. The first-order valence-electron chi connectivity index (χ1n) is 5.11. The fraction of sp³-hybridized carbons (Fsp3) is 0.364. The molecule has 0 radical (unpaired) electrons. The standard InChI is InChI=1S/C11H16N4O/c1-4-5-12-10(16)9-6-13-11(14-7-9)15-8(2)3/h4,6-8H,1,5H2,2-3H3,(H,12,16)(H,13,14,15). The molecule has 1 aromatic heterocycles. The second-order valence-electron chi connectivity index (χ2n) is 3.59. The number of anilines is 1. The lowest BCUT2D eigenvalue weighted by Gasteiger charge is -2.07. The molecule has 0 saturated heterocycles. The summed E-state index contributed by atoms with van der Waals surface area (Å²) in [5.74, 6) is 0.325. The summed E-state index contributed by atoms with van der Waals surface area (Å²) in [5.41, 5.74) is 0.441. The van der Waals surface area contributed by atoms with Crippen LogP contribution in [0, 0.1) is 0 Å². The molecule has 1 aromatic rings. The fourth-order valence-corrected chi connectivity index (χ4v) is 1.04. The Balaban J connectivity index is 2.63. The number of amides is 1. The number of hydrogen-bond acceptors (Lipinski definition) is 4. The van der Waals surface area contributed by atoms with E-state index in [0.717, 1.165) is 0 Å². The van der Waals surface area contributed by atoms with Gasteiger partial charge in [0.1, 0.15) is 0 Å². The Morgan fingerprint density at radius 2 is 2.12 bits per heavy atom. The van der Waals surface area contributed by atoms with Crippen LogP contribution >= 0.6 is 0 Å². The Morgan fingerprint density at radius 3 is 2.62 bits per heavy atom. The number of rotatable bonds is 5. The highest BCUT2D eigenvalue weighted by molar-refractivity contribution is 5.93. The third-order valence-corrected chi connectivity index (χ3v) is 1.74. The predicted octanol–water partition coefficient (Wildman–Crippen LogP) is 1.21. The van der Waals surface area contributed by atoms with E-state index >= 15 is 0 Å². The van der Waals surface area contributed by atoms with Crippen LogP contribution in [0.1, 0.15) is 24.2 Å². The SMILES string of the molecule is C=CCNC(=O)c1cnc(NC(C)C)nc1. The highest BCUT2D eigenvalue weighted by Gasteiger charge is 2.05. The zero-order valence-corrected chi connectivity index (χ0v) is 9.53. The molecular weight excluding hydrogens is 204 g/mol. The van der Waals surface area contributed by atoms with Gasteiger partial charge in [0, 0.05) is 25.0 Å². The molecule has 0 aliphatic carbocycles. The van der Waals surface area contributed by atoms with Gasteiger partial charge in [-0.05, 0) is 13.8 Å². The van der Waals surface area contributed by atoms with E-state index in [9.17, 15) is 4.79 Å². The van der Waals surface area contributed by atoms with Crippen molar-refractivity contribution >= 4 is 11.9 Å². The Labute approximate surface area is 95.0 Å². The summed E-state index contributed by atoms with van der Waals surface area (Å²) in [7, 11) is 0. The predicted molar refractivity (Wildman–Crippen MR) is 63.3 cm³/mol. The molecule has 0 aliphatic heterocycles. The molecule has 5 heteroatoms. The molecular formula is C11H16N4O. The molecule has 0 fully saturated rings. The van der Waals surface area contributed by atoms with Crippen LogP contribution < -0.4 is 10.6 Å². The normalized spacial score (nSPS) is 9.94. The van der Waals surface area contributed by atoms with Crippen LogP contribution in [0.15, 0.2) is 25.0 Å². The molecule has 0 spiro atoms. The maximum absolute atomic E-state index is 11.5. The first-order valence-corrected chi connectivity index (χ1v) is 5.11. The number of aromatic nitrogens is 2. The Bertz CT molecular complexity index is 359. The van der Waals surface area contributed by atoms with Gasteiger partial charge in [-0.3, -0.25) is 4.79 Å². The van der Waals surface area contributed by atoms with Crippen molar-refractivity contribution < 1.29 is 4.79 Å². The van der Waals surface area contributed by atoms with Gasteiger partial charge in [-0.25, -0.2) is 9.97 Å². The van der Waals surface area contributed by atoms with Crippen molar-refractivity contribution in [2.45, 2.75) is 19.9 Å². The molecule has 16 heavy (non-hydrogen) atoms. The van der Waals surface area contributed by atoms with Gasteiger partial charge in [0.2, 0.25) is 5.95 Å². The van der Waals surface area contributed by atoms with Gasteiger partial charge in [-0.1, -0.05) is 6.08 Å². The number of hydrogen-bond donors (Lipinski definition) is 2. The van der Waals surface area contributed by atoms with Gasteiger partial charge in [-0.2, -0.15) is 0 Å². The van der Waals surface area contributed by atoms with Crippen LogP contribution in [0.25, 0.3) is 0 Å². The molecule has 1 rings (SSSR count). The second-order valence-corrected chi connectivity index (χ2v) is 3.59. The largest absolute Gasteiger partial charge is 0.352 e. The van der Waals surface area contributed by atoms with Gasteiger partial charge in [0.15, 0.2) is 0 Å². The molecule has 0 aromatic carbocycles. The summed E-state index contributed by atoms with van der Waals surface area (Å²) >= 11 is 0. The first-order chi connectivity index (χ1) is 7.63. The van der Waals surface area contributed by atoms with Crippen molar-refractivity contribution in [1.29, 1.82) is 0 Å². The van der Waals surface area contributed by atoms with E-state index in [1.165, 1.54) is 12.4 Å². The topological polar surface area (TPSA) is 66.9 Å². The minimum atomic E-state index is -0.198. The van der Waals surface area contributed by atoms with Gasteiger partial charge in [0.25, 0.3) is 5.91 Å². The maximum atomic E-state index is 11.5. The molecule has 2 N–H and O–H groups in total. The molecule has 0 unspecified atom stereocenters. The Kier molecular flexibility index (Phi) is 4.44.